The molecule has 0 saturated heterocycles. The second-order valence-electron chi connectivity index (χ2n) is 12.6. The van der Waals surface area contributed by atoms with Gasteiger partial charge in [0.15, 0.2) is 17.5 Å². The maximum Gasteiger partial charge on any atom is 0.164 e. The van der Waals surface area contributed by atoms with Crippen molar-refractivity contribution in [2.45, 2.75) is 19.6 Å². The Kier molecular flexibility index (Phi) is 7.96. The van der Waals surface area contributed by atoms with Crippen molar-refractivity contribution in [3.63, 3.8) is 0 Å². The lowest BCUT2D eigenvalue weighted by Gasteiger charge is -2.16. The fraction of sp³-hybridized carbons (Fsp3) is 0.0714. The lowest BCUT2D eigenvalue weighted by molar-refractivity contribution is 1.07. The molecule has 4 heteroatoms. The molecule has 46 heavy (non-hydrogen) atoms. The van der Waals surface area contributed by atoms with Crippen LogP contribution >= 0.6 is 0 Å². The van der Waals surface area contributed by atoms with Gasteiger partial charge in [0.2, 0.25) is 0 Å². The third kappa shape index (κ3) is 6.34. The van der Waals surface area contributed by atoms with Crippen LogP contribution in [0.1, 0.15) is 0 Å². The predicted molar refractivity (Wildman–Crippen MR) is 195 cm³/mol. The molecule has 1 heterocycles. The van der Waals surface area contributed by atoms with Crippen molar-refractivity contribution >= 4 is 13.3 Å². The van der Waals surface area contributed by atoms with E-state index in [1.807, 2.05) is 60.7 Å². The monoisotopic (exact) mass is 609 g/mol. The molecule has 0 radical (unpaired) electrons. The van der Waals surface area contributed by atoms with E-state index in [0.29, 0.717) is 17.5 Å². The fourth-order valence-electron chi connectivity index (χ4n) is 5.65. The normalized spacial score (nSPS) is 11.4. The van der Waals surface area contributed by atoms with Crippen molar-refractivity contribution in [2.75, 3.05) is 0 Å². The summed E-state index contributed by atoms with van der Waals surface area (Å²) in [7, 11) is -1.30. The number of benzene rings is 6. The topological polar surface area (TPSA) is 38.7 Å². The van der Waals surface area contributed by atoms with E-state index in [-0.39, 0.29) is 0 Å². The highest BCUT2D eigenvalue weighted by atomic mass is 28.3. The first-order valence-electron chi connectivity index (χ1n) is 15.7. The third-order valence-electron chi connectivity index (χ3n) is 8.34. The van der Waals surface area contributed by atoms with Gasteiger partial charge in [-0.3, -0.25) is 0 Å². The lowest BCUT2D eigenvalue weighted by Crippen LogP contribution is -2.37. The molecule has 0 N–H and O–H groups in total. The number of hydrogen-bond acceptors (Lipinski definition) is 3. The largest absolute Gasteiger partial charge is 0.208 e. The van der Waals surface area contributed by atoms with E-state index in [9.17, 15) is 0 Å². The SMILES string of the molecule is C[Si](C)(C)c1ccc(-c2ccc(-c3cccc(-c4ccc(-c5nc(-c6ccccc6)nc(-c6ccccc6)n5)cc4)c3)cc2)cc1. The number of rotatable bonds is 7. The minimum absolute atomic E-state index is 0.656. The van der Waals surface area contributed by atoms with Gasteiger partial charge in [0.05, 0.1) is 8.07 Å². The quantitative estimate of drug-likeness (QED) is 0.169. The fourth-order valence-corrected chi connectivity index (χ4v) is 6.81. The van der Waals surface area contributed by atoms with Gasteiger partial charge in [-0.25, -0.2) is 15.0 Å². The molecule has 222 valence electrons. The van der Waals surface area contributed by atoms with Crippen molar-refractivity contribution in [1.29, 1.82) is 0 Å². The van der Waals surface area contributed by atoms with E-state index in [1.165, 1.54) is 33.0 Å². The van der Waals surface area contributed by atoms with Crippen molar-refractivity contribution in [3.05, 3.63) is 158 Å². The van der Waals surface area contributed by atoms with E-state index in [0.717, 1.165) is 22.3 Å². The number of nitrogens with zero attached hydrogens (tertiary/aromatic N) is 3. The van der Waals surface area contributed by atoms with Gasteiger partial charge < -0.3 is 0 Å². The van der Waals surface area contributed by atoms with Gasteiger partial charge in [0, 0.05) is 16.7 Å². The Bertz CT molecular complexity index is 2020. The van der Waals surface area contributed by atoms with E-state index in [1.54, 1.807) is 0 Å². The smallest absolute Gasteiger partial charge is 0.164 e. The molecule has 0 unspecified atom stereocenters. The van der Waals surface area contributed by atoms with Crippen LogP contribution in [0.2, 0.25) is 19.6 Å². The number of aromatic nitrogens is 3. The van der Waals surface area contributed by atoms with Crippen molar-refractivity contribution in [1.82, 2.24) is 15.0 Å². The van der Waals surface area contributed by atoms with Gasteiger partial charge in [0.1, 0.15) is 0 Å². The summed E-state index contributed by atoms with van der Waals surface area (Å²) in [5, 5.41) is 1.49. The van der Waals surface area contributed by atoms with Crippen LogP contribution in [0.5, 0.6) is 0 Å². The molecule has 0 bridgehead atoms. The molecule has 0 amide bonds. The van der Waals surface area contributed by atoms with Crippen LogP contribution in [0.15, 0.2) is 158 Å². The van der Waals surface area contributed by atoms with Gasteiger partial charge in [-0.2, -0.15) is 0 Å². The highest BCUT2D eigenvalue weighted by Crippen LogP contribution is 2.31. The predicted octanol–water partition coefficient (Wildman–Crippen LogP) is 10.4. The zero-order chi connectivity index (χ0) is 31.5. The van der Waals surface area contributed by atoms with Gasteiger partial charge in [0.25, 0.3) is 0 Å². The molecule has 0 aliphatic heterocycles. The molecule has 6 aromatic carbocycles. The Morgan fingerprint density at radius 2 is 0.609 bits per heavy atom. The Morgan fingerprint density at radius 3 is 1.00 bits per heavy atom. The van der Waals surface area contributed by atoms with Crippen LogP contribution < -0.4 is 5.19 Å². The molecule has 0 aliphatic rings. The summed E-state index contributed by atoms with van der Waals surface area (Å²) >= 11 is 0. The summed E-state index contributed by atoms with van der Waals surface area (Å²) in [6.07, 6.45) is 0. The van der Waals surface area contributed by atoms with Gasteiger partial charge in [-0.1, -0.05) is 176 Å². The van der Waals surface area contributed by atoms with Crippen LogP contribution in [0.25, 0.3) is 67.5 Å². The molecular weight excluding hydrogens is 575 g/mol. The van der Waals surface area contributed by atoms with E-state index in [2.05, 4.69) is 117 Å². The van der Waals surface area contributed by atoms with Crippen LogP contribution in [0.4, 0.5) is 0 Å². The maximum atomic E-state index is 4.88. The van der Waals surface area contributed by atoms with Crippen LogP contribution in [-0.2, 0) is 0 Å². The molecule has 0 aliphatic carbocycles. The molecule has 7 aromatic rings. The third-order valence-corrected chi connectivity index (χ3v) is 10.4. The molecule has 3 nitrogen and oxygen atoms in total. The zero-order valence-corrected chi connectivity index (χ0v) is 27.4. The standard InChI is InChI=1S/C42H35N3Si/c1-46(2,3)39-27-25-31(26-28-39)30-17-19-32(20-18-30)37-15-10-16-38(29-37)33-21-23-36(24-22-33)42-44-40(34-11-6-4-7-12-34)43-41(45-42)35-13-8-5-9-14-35/h4-29H,1-3H3. The first-order chi connectivity index (χ1) is 22.4. The zero-order valence-electron chi connectivity index (χ0n) is 26.4. The second kappa shape index (κ2) is 12.5. The summed E-state index contributed by atoms with van der Waals surface area (Å²) in [5.74, 6) is 1.98. The molecular formula is C42H35N3Si. The van der Waals surface area contributed by atoms with Gasteiger partial charge in [-0.05, 0) is 39.4 Å². The van der Waals surface area contributed by atoms with Crippen molar-refractivity contribution < 1.29 is 0 Å². The van der Waals surface area contributed by atoms with E-state index >= 15 is 0 Å². The average Bonchev–Trinajstić information content (AvgIpc) is 3.12. The molecule has 7 rings (SSSR count). The molecule has 0 spiro atoms. The van der Waals surface area contributed by atoms with Crippen molar-refractivity contribution in [2.24, 2.45) is 0 Å². The first kappa shape index (κ1) is 29.3. The minimum atomic E-state index is -1.30. The molecule has 0 atom stereocenters. The van der Waals surface area contributed by atoms with E-state index < -0.39 is 8.07 Å². The van der Waals surface area contributed by atoms with Gasteiger partial charge in [-0.15, -0.1) is 0 Å². The van der Waals surface area contributed by atoms with E-state index in [4.69, 9.17) is 15.0 Å². The Hall–Kier alpha value is -5.45. The Labute approximate surface area is 272 Å². The van der Waals surface area contributed by atoms with Crippen LogP contribution in [-0.4, -0.2) is 23.0 Å². The van der Waals surface area contributed by atoms with Crippen LogP contribution in [0, 0.1) is 0 Å². The molecule has 0 saturated carbocycles. The summed E-state index contributed by atoms with van der Waals surface area (Å²) in [6.45, 7) is 7.16. The van der Waals surface area contributed by atoms with Crippen LogP contribution in [0.3, 0.4) is 0 Å². The molecule has 0 fully saturated rings. The summed E-state index contributed by atoms with van der Waals surface area (Å²) < 4.78 is 0. The van der Waals surface area contributed by atoms with Crippen molar-refractivity contribution in [3.8, 4) is 67.5 Å². The Morgan fingerprint density at radius 1 is 0.304 bits per heavy atom. The number of hydrogen-bond donors (Lipinski definition) is 0. The second-order valence-corrected chi connectivity index (χ2v) is 17.7. The molecule has 1 aromatic heterocycles. The first-order valence-corrected chi connectivity index (χ1v) is 19.2. The lowest BCUT2D eigenvalue weighted by atomic mass is 9.97. The highest BCUT2D eigenvalue weighted by molar-refractivity contribution is 6.88. The average molecular weight is 610 g/mol. The summed E-state index contributed by atoms with van der Waals surface area (Å²) in [5.41, 5.74) is 10.1. The highest BCUT2D eigenvalue weighted by Gasteiger charge is 2.16. The minimum Gasteiger partial charge on any atom is -0.208 e. The maximum absolute atomic E-state index is 4.88. The Balaban J connectivity index is 1.15. The van der Waals surface area contributed by atoms with Gasteiger partial charge >= 0.3 is 0 Å². The summed E-state index contributed by atoms with van der Waals surface area (Å²) in [6, 6.07) is 55.4. The summed E-state index contributed by atoms with van der Waals surface area (Å²) in [4.78, 5) is 14.6.